The second-order valence-electron chi connectivity index (χ2n) is 5.46. The lowest BCUT2D eigenvalue weighted by Gasteiger charge is -2.31. The van der Waals surface area contributed by atoms with Crippen molar-refractivity contribution in [3.63, 3.8) is 0 Å². The van der Waals surface area contributed by atoms with E-state index in [1.165, 1.54) is 18.3 Å². The first-order valence-electron chi connectivity index (χ1n) is 7.70. The number of aromatic nitrogens is 1. The van der Waals surface area contributed by atoms with E-state index in [4.69, 9.17) is 9.47 Å². The minimum Gasteiger partial charge on any atom is -0.462 e. The summed E-state index contributed by atoms with van der Waals surface area (Å²) in [5.74, 6) is -0.780. The zero-order valence-corrected chi connectivity index (χ0v) is 13.3. The van der Waals surface area contributed by atoms with Crippen LogP contribution in [0.5, 0.6) is 0 Å². The molecule has 0 aliphatic carbocycles. The largest absolute Gasteiger partial charge is 0.462 e. The SMILES string of the molecule is CCOC(=O)c1cnc2c(C)cc(F)cc2c1N1CCOCC1. The maximum Gasteiger partial charge on any atom is 0.341 e. The molecule has 0 spiro atoms. The van der Waals surface area contributed by atoms with Gasteiger partial charge in [-0.25, -0.2) is 9.18 Å². The third-order valence-corrected chi connectivity index (χ3v) is 3.92. The van der Waals surface area contributed by atoms with Crippen LogP contribution >= 0.6 is 0 Å². The second kappa shape index (κ2) is 6.50. The van der Waals surface area contributed by atoms with Crippen molar-refractivity contribution >= 4 is 22.6 Å². The maximum absolute atomic E-state index is 13.9. The molecule has 0 N–H and O–H groups in total. The summed E-state index contributed by atoms with van der Waals surface area (Å²) in [6, 6.07) is 2.88. The molecular weight excluding hydrogens is 299 g/mol. The Morgan fingerprint density at radius 1 is 1.39 bits per heavy atom. The van der Waals surface area contributed by atoms with Crippen LogP contribution < -0.4 is 4.90 Å². The average molecular weight is 318 g/mol. The molecule has 0 saturated carbocycles. The van der Waals surface area contributed by atoms with E-state index >= 15 is 0 Å². The van der Waals surface area contributed by atoms with Crippen LogP contribution in [-0.2, 0) is 9.47 Å². The Morgan fingerprint density at radius 2 is 2.13 bits per heavy atom. The summed E-state index contributed by atoms with van der Waals surface area (Å²) in [7, 11) is 0. The number of hydrogen-bond donors (Lipinski definition) is 0. The van der Waals surface area contributed by atoms with Crippen molar-refractivity contribution < 1.29 is 18.7 Å². The van der Waals surface area contributed by atoms with Gasteiger partial charge in [-0.1, -0.05) is 0 Å². The van der Waals surface area contributed by atoms with Gasteiger partial charge in [0.15, 0.2) is 0 Å². The highest BCUT2D eigenvalue weighted by Crippen LogP contribution is 2.33. The minimum atomic E-state index is -0.440. The van der Waals surface area contributed by atoms with Crippen LogP contribution in [0.2, 0.25) is 0 Å². The lowest BCUT2D eigenvalue weighted by Crippen LogP contribution is -2.37. The first-order chi connectivity index (χ1) is 11.1. The molecule has 1 aliphatic heterocycles. The number of nitrogens with zero attached hydrogens (tertiary/aromatic N) is 2. The standard InChI is InChI=1S/C17H19FN2O3/c1-3-23-17(21)14-10-19-15-11(2)8-12(18)9-13(15)16(14)20-4-6-22-7-5-20/h8-10H,3-7H2,1-2H3. The molecule has 1 aromatic heterocycles. The highest BCUT2D eigenvalue weighted by Gasteiger charge is 2.24. The summed E-state index contributed by atoms with van der Waals surface area (Å²) in [6.07, 6.45) is 1.52. The average Bonchev–Trinajstić information content (AvgIpc) is 2.54. The van der Waals surface area contributed by atoms with E-state index in [-0.39, 0.29) is 12.4 Å². The van der Waals surface area contributed by atoms with E-state index in [1.54, 1.807) is 6.92 Å². The molecule has 1 fully saturated rings. The molecule has 23 heavy (non-hydrogen) atoms. The summed E-state index contributed by atoms with van der Waals surface area (Å²) in [5.41, 5.74) is 2.48. The molecule has 1 aliphatic rings. The quantitative estimate of drug-likeness (QED) is 0.815. The lowest BCUT2D eigenvalue weighted by molar-refractivity contribution is 0.0526. The van der Waals surface area contributed by atoms with Crippen LogP contribution in [0.4, 0.5) is 10.1 Å². The van der Waals surface area contributed by atoms with Crippen molar-refractivity contribution in [3.05, 3.63) is 35.3 Å². The fraction of sp³-hybridized carbons (Fsp3) is 0.412. The highest BCUT2D eigenvalue weighted by atomic mass is 19.1. The highest BCUT2D eigenvalue weighted by molar-refractivity contribution is 6.06. The van der Waals surface area contributed by atoms with Crippen LogP contribution in [0.15, 0.2) is 18.3 Å². The molecule has 6 heteroatoms. The van der Waals surface area contributed by atoms with E-state index in [2.05, 4.69) is 4.98 Å². The fourth-order valence-corrected chi connectivity index (χ4v) is 2.91. The van der Waals surface area contributed by atoms with Gasteiger partial charge in [0.25, 0.3) is 0 Å². The Hall–Kier alpha value is -2.21. The van der Waals surface area contributed by atoms with E-state index in [9.17, 15) is 9.18 Å². The Balaban J connectivity index is 2.23. The van der Waals surface area contributed by atoms with Gasteiger partial charge < -0.3 is 14.4 Å². The van der Waals surface area contributed by atoms with Crippen molar-refractivity contribution in [1.29, 1.82) is 0 Å². The number of ether oxygens (including phenoxy) is 2. The second-order valence-corrected chi connectivity index (χ2v) is 5.46. The number of morpholine rings is 1. The number of pyridine rings is 1. The molecule has 1 saturated heterocycles. The van der Waals surface area contributed by atoms with E-state index < -0.39 is 5.97 Å². The number of carbonyl (C=O) groups excluding carboxylic acids is 1. The molecule has 122 valence electrons. The van der Waals surface area contributed by atoms with Gasteiger partial charge in [-0.15, -0.1) is 0 Å². The molecule has 2 heterocycles. The zero-order valence-electron chi connectivity index (χ0n) is 13.3. The van der Waals surface area contributed by atoms with E-state index in [1.807, 2.05) is 11.8 Å². The molecule has 0 amide bonds. The van der Waals surface area contributed by atoms with E-state index in [0.717, 1.165) is 5.56 Å². The van der Waals surface area contributed by atoms with Gasteiger partial charge in [0.05, 0.1) is 31.0 Å². The lowest BCUT2D eigenvalue weighted by atomic mass is 10.0. The number of carbonyl (C=O) groups is 1. The Kier molecular flexibility index (Phi) is 4.43. The molecule has 2 aromatic rings. The molecule has 0 atom stereocenters. The molecule has 0 radical (unpaired) electrons. The van der Waals surface area contributed by atoms with Gasteiger partial charge >= 0.3 is 5.97 Å². The van der Waals surface area contributed by atoms with Crippen molar-refractivity contribution in [3.8, 4) is 0 Å². The number of aryl methyl sites for hydroxylation is 1. The summed E-state index contributed by atoms with van der Waals surface area (Å²) in [6.45, 7) is 6.26. The van der Waals surface area contributed by atoms with Gasteiger partial charge in [-0.2, -0.15) is 0 Å². The normalized spacial score (nSPS) is 15.0. The third kappa shape index (κ3) is 2.99. The number of esters is 1. The summed E-state index contributed by atoms with van der Waals surface area (Å²) < 4.78 is 24.5. The van der Waals surface area contributed by atoms with Gasteiger partial charge in [0.1, 0.15) is 11.4 Å². The number of rotatable bonds is 3. The molecule has 0 bridgehead atoms. The van der Waals surface area contributed by atoms with Gasteiger partial charge in [0.2, 0.25) is 0 Å². The zero-order chi connectivity index (χ0) is 16.4. The van der Waals surface area contributed by atoms with Gasteiger partial charge in [-0.05, 0) is 31.5 Å². The smallest absolute Gasteiger partial charge is 0.341 e. The number of fused-ring (bicyclic) bond motifs is 1. The minimum absolute atomic E-state index is 0.279. The third-order valence-electron chi connectivity index (χ3n) is 3.92. The number of anilines is 1. The van der Waals surface area contributed by atoms with Crippen LogP contribution in [0.1, 0.15) is 22.8 Å². The van der Waals surface area contributed by atoms with E-state index in [0.29, 0.717) is 48.5 Å². The van der Waals surface area contributed by atoms with Crippen LogP contribution in [0.3, 0.4) is 0 Å². The molecular formula is C17H19FN2O3. The first kappa shape index (κ1) is 15.7. The topological polar surface area (TPSA) is 51.7 Å². The summed E-state index contributed by atoms with van der Waals surface area (Å²) >= 11 is 0. The molecule has 0 unspecified atom stereocenters. The molecule has 5 nitrogen and oxygen atoms in total. The van der Waals surface area contributed by atoms with Crippen LogP contribution in [0, 0.1) is 12.7 Å². The van der Waals surface area contributed by atoms with Gasteiger partial charge in [0, 0.05) is 24.7 Å². The summed E-state index contributed by atoms with van der Waals surface area (Å²) in [4.78, 5) is 18.7. The first-order valence-corrected chi connectivity index (χ1v) is 7.70. The predicted molar refractivity (Wildman–Crippen MR) is 85.4 cm³/mol. The predicted octanol–water partition coefficient (Wildman–Crippen LogP) is 2.70. The number of hydrogen-bond acceptors (Lipinski definition) is 5. The number of halogens is 1. The Morgan fingerprint density at radius 3 is 2.83 bits per heavy atom. The van der Waals surface area contributed by atoms with Crippen LogP contribution in [-0.4, -0.2) is 43.9 Å². The van der Waals surface area contributed by atoms with Crippen molar-refractivity contribution in [2.75, 3.05) is 37.8 Å². The van der Waals surface area contributed by atoms with Crippen molar-refractivity contribution in [2.45, 2.75) is 13.8 Å². The maximum atomic E-state index is 13.9. The fourth-order valence-electron chi connectivity index (χ4n) is 2.91. The monoisotopic (exact) mass is 318 g/mol. The number of benzene rings is 1. The van der Waals surface area contributed by atoms with Crippen molar-refractivity contribution in [1.82, 2.24) is 4.98 Å². The molecule has 3 rings (SSSR count). The molecule has 1 aromatic carbocycles. The Bertz CT molecular complexity index is 742. The van der Waals surface area contributed by atoms with Crippen molar-refractivity contribution in [2.24, 2.45) is 0 Å². The van der Waals surface area contributed by atoms with Crippen LogP contribution in [0.25, 0.3) is 10.9 Å². The summed E-state index contributed by atoms with van der Waals surface area (Å²) in [5, 5.41) is 0.634. The Labute approximate surface area is 134 Å². The van der Waals surface area contributed by atoms with Gasteiger partial charge in [-0.3, -0.25) is 4.98 Å².